The Balaban J connectivity index is 1.57. The molecule has 2 heterocycles. The number of benzene rings is 1. The lowest BCUT2D eigenvalue weighted by Crippen LogP contribution is -2.22. The summed E-state index contributed by atoms with van der Waals surface area (Å²) in [5, 5.41) is 4.68. The zero-order chi connectivity index (χ0) is 19.3. The topological polar surface area (TPSA) is 46.6 Å². The van der Waals surface area contributed by atoms with Crippen molar-refractivity contribution >= 4 is 16.7 Å². The molecule has 5 heteroatoms. The van der Waals surface area contributed by atoms with Crippen LogP contribution in [0.4, 0.5) is 5.82 Å². The number of pyridine rings is 1. The molecule has 0 atom stereocenters. The van der Waals surface area contributed by atoms with Crippen LogP contribution in [0.2, 0.25) is 0 Å². The zero-order valence-corrected chi connectivity index (χ0v) is 17.4. The van der Waals surface area contributed by atoms with Crippen LogP contribution in [0.15, 0.2) is 12.1 Å². The molecular weight excluding hydrogens is 350 g/mol. The van der Waals surface area contributed by atoms with E-state index in [0.717, 1.165) is 55.2 Å². The second-order valence-electron chi connectivity index (χ2n) is 7.80. The summed E-state index contributed by atoms with van der Waals surface area (Å²) in [5.41, 5.74) is 3.83. The Morgan fingerprint density at radius 1 is 1.00 bits per heavy atom. The number of nitrogens with one attached hydrogen (secondary N) is 1. The Kier molecular flexibility index (Phi) is 6.20. The highest BCUT2D eigenvalue weighted by Gasteiger charge is 2.21. The van der Waals surface area contributed by atoms with Crippen LogP contribution in [0.5, 0.6) is 11.5 Å². The van der Waals surface area contributed by atoms with Gasteiger partial charge in [-0.2, -0.15) is 0 Å². The second-order valence-corrected chi connectivity index (χ2v) is 7.80. The van der Waals surface area contributed by atoms with Gasteiger partial charge < -0.3 is 19.7 Å². The fourth-order valence-electron chi connectivity index (χ4n) is 4.54. The molecular formula is C23H33N3O2. The number of nitrogens with zero attached hydrogens (tertiary/aromatic N) is 2. The number of hydrogen-bond acceptors (Lipinski definition) is 5. The highest BCUT2D eigenvalue weighted by atomic mass is 16.5. The molecule has 1 aromatic heterocycles. The monoisotopic (exact) mass is 383 g/mol. The van der Waals surface area contributed by atoms with Gasteiger partial charge in [-0.15, -0.1) is 0 Å². The lowest BCUT2D eigenvalue weighted by molar-refractivity contribution is 0.248. The van der Waals surface area contributed by atoms with E-state index in [1.54, 1.807) is 0 Å². The maximum absolute atomic E-state index is 6.16. The minimum atomic E-state index is 0.640. The van der Waals surface area contributed by atoms with Crippen LogP contribution in [-0.2, 0) is 12.8 Å². The predicted molar refractivity (Wildman–Crippen MR) is 115 cm³/mol. The Labute approximate surface area is 168 Å². The van der Waals surface area contributed by atoms with E-state index in [1.807, 2.05) is 6.92 Å². The van der Waals surface area contributed by atoms with Crippen LogP contribution in [0.1, 0.15) is 50.7 Å². The minimum Gasteiger partial charge on any atom is -0.490 e. The first-order valence-electron chi connectivity index (χ1n) is 11.0. The van der Waals surface area contributed by atoms with Crippen molar-refractivity contribution in [2.24, 2.45) is 0 Å². The quantitative estimate of drug-likeness (QED) is 0.650. The van der Waals surface area contributed by atoms with E-state index in [4.69, 9.17) is 14.5 Å². The van der Waals surface area contributed by atoms with Crippen LogP contribution in [0.25, 0.3) is 10.9 Å². The molecule has 4 rings (SSSR count). The molecule has 0 radical (unpaired) electrons. The largest absolute Gasteiger partial charge is 0.490 e. The molecule has 1 saturated heterocycles. The smallest absolute Gasteiger partial charge is 0.163 e. The Morgan fingerprint density at radius 3 is 2.57 bits per heavy atom. The number of rotatable bonds is 9. The fraction of sp³-hybridized carbons (Fsp3) is 0.609. The van der Waals surface area contributed by atoms with Gasteiger partial charge in [0.15, 0.2) is 11.5 Å². The molecule has 28 heavy (non-hydrogen) atoms. The van der Waals surface area contributed by atoms with Crippen molar-refractivity contribution in [3.05, 3.63) is 23.3 Å². The van der Waals surface area contributed by atoms with Crippen molar-refractivity contribution in [3.63, 3.8) is 0 Å². The van der Waals surface area contributed by atoms with Crippen molar-refractivity contribution in [1.29, 1.82) is 0 Å². The molecule has 0 spiro atoms. The molecule has 0 saturated carbocycles. The van der Waals surface area contributed by atoms with E-state index in [2.05, 4.69) is 29.3 Å². The normalized spacial score (nSPS) is 16.5. The maximum atomic E-state index is 6.16. The molecule has 2 aliphatic rings. The van der Waals surface area contributed by atoms with Gasteiger partial charge in [0.2, 0.25) is 0 Å². The van der Waals surface area contributed by atoms with Gasteiger partial charge in [0, 0.05) is 24.5 Å². The third-order valence-corrected chi connectivity index (χ3v) is 5.84. The van der Waals surface area contributed by atoms with Crippen LogP contribution in [0.3, 0.4) is 0 Å². The summed E-state index contributed by atoms with van der Waals surface area (Å²) in [6.45, 7) is 9.99. The number of anilines is 1. The van der Waals surface area contributed by atoms with Crippen molar-refractivity contribution in [2.75, 3.05) is 44.7 Å². The predicted octanol–water partition coefficient (Wildman–Crippen LogP) is 4.42. The number of ether oxygens (including phenoxy) is 2. The third-order valence-electron chi connectivity index (χ3n) is 5.84. The molecule has 1 fully saturated rings. The summed E-state index contributed by atoms with van der Waals surface area (Å²) >= 11 is 0. The molecule has 0 unspecified atom stereocenters. The summed E-state index contributed by atoms with van der Waals surface area (Å²) in [4.78, 5) is 7.46. The number of likely N-dealkylation sites (tertiary alicyclic amines) is 1. The second kappa shape index (κ2) is 8.99. The summed E-state index contributed by atoms with van der Waals surface area (Å²) < 4.78 is 12.1. The fourth-order valence-corrected chi connectivity index (χ4v) is 4.54. The molecule has 0 bridgehead atoms. The van der Waals surface area contributed by atoms with E-state index in [-0.39, 0.29) is 0 Å². The van der Waals surface area contributed by atoms with Gasteiger partial charge in [0.1, 0.15) is 5.82 Å². The van der Waals surface area contributed by atoms with Gasteiger partial charge >= 0.3 is 0 Å². The Hall–Kier alpha value is -2.01. The molecule has 5 nitrogen and oxygen atoms in total. The van der Waals surface area contributed by atoms with Crippen LogP contribution >= 0.6 is 0 Å². The number of fused-ring (bicyclic) bond motifs is 3. The van der Waals surface area contributed by atoms with Crippen molar-refractivity contribution in [1.82, 2.24) is 9.88 Å². The number of hydrogen-bond donors (Lipinski definition) is 1. The molecule has 1 aromatic carbocycles. The van der Waals surface area contributed by atoms with Gasteiger partial charge in [0.25, 0.3) is 0 Å². The molecule has 1 aliphatic carbocycles. The molecule has 152 valence electrons. The minimum absolute atomic E-state index is 0.640. The van der Waals surface area contributed by atoms with Crippen molar-refractivity contribution in [2.45, 2.75) is 52.4 Å². The third kappa shape index (κ3) is 4.04. The summed E-state index contributed by atoms with van der Waals surface area (Å²) in [6.07, 6.45) is 7.15. The van der Waals surface area contributed by atoms with E-state index >= 15 is 0 Å². The van der Waals surface area contributed by atoms with Gasteiger partial charge in [-0.25, -0.2) is 4.98 Å². The van der Waals surface area contributed by atoms with Gasteiger partial charge in [-0.05, 0) is 82.7 Å². The number of aryl methyl sites for hydroxylation is 1. The van der Waals surface area contributed by atoms with Crippen LogP contribution < -0.4 is 14.8 Å². The van der Waals surface area contributed by atoms with E-state index in [1.165, 1.54) is 48.9 Å². The zero-order valence-electron chi connectivity index (χ0n) is 17.4. The first-order valence-corrected chi connectivity index (χ1v) is 11.0. The van der Waals surface area contributed by atoms with Crippen molar-refractivity contribution < 1.29 is 9.47 Å². The van der Waals surface area contributed by atoms with Gasteiger partial charge in [-0.3, -0.25) is 0 Å². The average molecular weight is 384 g/mol. The number of aromatic nitrogens is 1. The summed E-state index contributed by atoms with van der Waals surface area (Å²) in [7, 11) is 0. The van der Waals surface area contributed by atoms with Gasteiger partial charge in [0.05, 0.1) is 18.7 Å². The first-order chi connectivity index (χ1) is 13.8. The highest BCUT2D eigenvalue weighted by molar-refractivity contribution is 5.89. The summed E-state index contributed by atoms with van der Waals surface area (Å²) in [6, 6.07) is 4.23. The highest BCUT2D eigenvalue weighted by Crippen LogP contribution is 2.39. The van der Waals surface area contributed by atoms with E-state index in [0.29, 0.717) is 13.2 Å². The van der Waals surface area contributed by atoms with Gasteiger partial charge in [-0.1, -0.05) is 0 Å². The molecule has 1 aliphatic heterocycles. The van der Waals surface area contributed by atoms with E-state index in [9.17, 15) is 0 Å². The first kappa shape index (κ1) is 19.3. The lowest BCUT2D eigenvalue weighted by Gasteiger charge is -2.17. The Morgan fingerprint density at radius 2 is 1.79 bits per heavy atom. The average Bonchev–Trinajstić information content (AvgIpc) is 3.38. The van der Waals surface area contributed by atoms with E-state index < -0.39 is 0 Å². The molecule has 2 aromatic rings. The summed E-state index contributed by atoms with van der Waals surface area (Å²) in [5.74, 6) is 2.72. The van der Waals surface area contributed by atoms with Crippen LogP contribution in [-0.4, -0.2) is 49.3 Å². The van der Waals surface area contributed by atoms with Crippen molar-refractivity contribution in [3.8, 4) is 11.5 Å². The standard InChI is InChI=1S/C23H33N3O2/c1-3-24-23-18-10-7-9-17(18)19-15-21(27-4-2)22(16-20(19)25-23)28-14-8-13-26-11-5-6-12-26/h15-16H,3-14H2,1-2H3,(H,24,25). The molecule has 0 amide bonds. The lowest BCUT2D eigenvalue weighted by atomic mass is 10.0. The maximum Gasteiger partial charge on any atom is 0.163 e. The Bertz CT molecular complexity index is 815. The molecule has 1 N–H and O–H groups in total. The van der Waals surface area contributed by atoms with Crippen LogP contribution in [0, 0.1) is 0 Å². The SMILES string of the molecule is CCNc1nc2cc(OCCCN3CCCC3)c(OCC)cc2c2c1CCC2.